The highest BCUT2D eigenvalue weighted by atomic mass is 19.1. The van der Waals surface area contributed by atoms with Crippen LogP contribution in [-0.2, 0) is 22.7 Å². The van der Waals surface area contributed by atoms with Gasteiger partial charge in [0.25, 0.3) is 11.9 Å². The Morgan fingerprint density at radius 2 is 1.66 bits per heavy atom. The monoisotopic (exact) mass is 603 g/mol. The van der Waals surface area contributed by atoms with Gasteiger partial charge in [0, 0.05) is 49.0 Å². The normalized spacial score (nSPS) is 12.2. The minimum absolute atomic E-state index is 0.194. The second kappa shape index (κ2) is 14.9. The van der Waals surface area contributed by atoms with Gasteiger partial charge in [0.05, 0.1) is 27.7 Å². The summed E-state index contributed by atoms with van der Waals surface area (Å²) in [7, 11) is 6.35. The molecule has 44 heavy (non-hydrogen) atoms. The number of aliphatic imine (C=N–C) groups is 1. The molecular weight excluding hydrogens is 565 g/mol. The Kier molecular flexibility index (Phi) is 11.4. The number of benzene rings is 3. The molecule has 0 bridgehead atoms. The molecule has 10 nitrogen and oxygen atoms in total. The van der Waals surface area contributed by atoms with Crippen molar-refractivity contribution >= 4 is 40.3 Å². The zero-order chi connectivity index (χ0) is 32.4. The molecule has 0 radical (unpaired) electrons. The Morgan fingerprint density at radius 3 is 2.25 bits per heavy atom. The van der Waals surface area contributed by atoms with Crippen molar-refractivity contribution in [3.8, 4) is 0 Å². The van der Waals surface area contributed by atoms with Gasteiger partial charge < -0.3 is 30.2 Å². The number of amides is 1. The summed E-state index contributed by atoms with van der Waals surface area (Å²) in [6, 6.07) is 22.8. The lowest BCUT2D eigenvalue weighted by atomic mass is 10.1. The zero-order valence-electron chi connectivity index (χ0n) is 25.6. The Bertz CT molecular complexity index is 1640. The number of amidine groups is 1. The van der Waals surface area contributed by atoms with E-state index in [-0.39, 0.29) is 11.7 Å². The fourth-order valence-electron chi connectivity index (χ4n) is 4.52. The van der Waals surface area contributed by atoms with Crippen molar-refractivity contribution in [3.05, 3.63) is 101 Å². The molecule has 4 aromatic rings. The van der Waals surface area contributed by atoms with E-state index in [1.54, 1.807) is 12.1 Å². The largest absolute Gasteiger partial charge is 0.550 e. The molecule has 0 fully saturated rings. The number of carbonyl (C=O) groups excluding carboxylic acids is 2. The maximum absolute atomic E-state index is 14.0. The summed E-state index contributed by atoms with van der Waals surface area (Å²) < 4.78 is 16.7. The van der Waals surface area contributed by atoms with Gasteiger partial charge in [-0.2, -0.15) is 0 Å². The minimum atomic E-state index is -1.08. The summed E-state index contributed by atoms with van der Waals surface area (Å²) in [5.74, 6) is -1.54. The molecule has 0 unspecified atom stereocenters. The van der Waals surface area contributed by atoms with Crippen LogP contribution in [0, 0.1) is 5.82 Å². The van der Waals surface area contributed by atoms with E-state index in [1.165, 1.54) is 17.8 Å². The number of nitrogens with one attached hydrogen (secondary N) is 2. The first-order valence-electron chi connectivity index (χ1n) is 14.0. The number of carbonyl (C=O) groups is 3. The molecule has 1 aromatic heterocycles. The fourth-order valence-corrected chi connectivity index (χ4v) is 4.52. The molecule has 3 N–H and O–H groups in total. The third-order valence-electron chi connectivity index (χ3n) is 6.48. The van der Waals surface area contributed by atoms with Crippen LogP contribution in [0.1, 0.15) is 41.0 Å². The highest BCUT2D eigenvalue weighted by Gasteiger charge is 2.18. The van der Waals surface area contributed by atoms with Crippen LogP contribution in [0.15, 0.2) is 77.8 Å². The summed E-state index contributed by atoms with van der Waals surface area (Å²) in [6.07, 6.45) is 0. The lowest BCUT2D eigenvalue weighted by Crippen LogP contribution is -2.34. The van der Waals surface area contributed by atoms with E-state index >= 15 is 0 Å². The van der Waals surface area contributed by atoms with Crippen molar-refractivity contribution in [1.82, 2.24) is 19.7 Å². The Labute approximate surface area is 256 Å². The van der Waals surface area contributed by atoms with Crippen molar-refractivity contribution in [3.63, 3.8) is 0 Å². The number of aromatic nitrogens is 1. The van der Waals surface area contributed by atoms with Gasteiger partial charge in [-0.05, 0) is 60.5 Å². The number of hydrogen-bond acceptors (Lipinski definition) is 6. The van der Waals surface area contributed by atoms with Gasteiger partial charge in [0.15, 0.2) is 0 Å². The van der Waals surface area contributed by atoms with Gasteiger partial charge >= 0.3 is 0 Å². The van der Waals surface area contributed by atoms with Crippen LogP contribution >= 0.6 is 0 Å². The third kappa shape index (κ3) is 9.77. The molecule has 1 aliphatic heterocycles. The maximum atomic E-state index is 14.0. The molecule has 0 atom stereocenters. The topological polar surface area (TPSA) is 136 Å². The first kappa shape index (κ1) is 33.5. The van der Waals surface area contributed by atoms with Crippen molar-refractivity contribution in [1.29, 1.82) is 0 Å². The highest BCUT2D eigenvalue weighted by Crippen LogP contribution is 2.24. The lowest BCUT2D eigenvalue weighted by molar-refractivity contribution is -0.302. The predicted molar refractivity (Wildman–Crippen MR) is 168 cm³/mol. The molecule has 11 heteroatoms. The zero-order valence-corrected chi connectivity index (χ0v) is 25.6. The number of carboxylic acid groups (broad SMARTS) is 2. The summed E-state index contributed by atoms with van der Waals surface area (Å²) >= 11 is 0. The number of halogens is 1. The van der Waals surface area contributed by atoms with Gasteiger partial charge in [-0.25, -0.2) is 4.39 Å². The van der Waals surface area contributed by atoms with E-state index in [1.807, 2.05) is 34.9 Å². The van der Waals surface area contributed by atoms with E-state index < -0.39 is 11.9 Å². The van der Waals surface area contributed by atoms with Crippen molar-refractivity contribution in [2.45, 2.75) is 26.9 Å². The number of hydrogen-bond donors (Lipinski definition) is 3. The van der Waals surface area contributed by atoms with Gasteiger partial charge in [0.1, 0.15) is 23.0 Å². The van der Waals surface area contributed by atoms with Crippen LogP contribution < -0.4 is 20.2 Å². The maximum Gasteiger partial charge on any atom is 0.300 e. The first-order chi connectivity index (χ1) is 20.7. The number of quaternary nitrogens is 1. The van der Waals surface area contributed by atoms with Crippen molar-refractivity contribution in [2.75, 3.05) is 34.2 Å². The molecule has 0 spiro atoms. The second-order valence-electron chi connectivity index (χ2n) is 11.0. The second-order valence-corrected chi connectivity index (χ2v) is 11.0. The summed E-state index contributed by atoms with van der Waals surface area (Å²) in [5, 5.41) is 23.4. The van der Waals surface area contributed by atoms with Crippen molar-refractivity contribution in [2.24, 2.45) is 4.99 Å². The van der Waals surface area contributed by atoms with Crippen LogP contribution in [-0.4, -0.2) is 67.6 Å². The molecule has 0 saturated carbocycles. The van der Waals surface area contributed by atoms with Crippen LogP contribution in [0.2, 0.25) is 0 Å². The average molecular weight is 604 g/mol. The summed E-state index contributed by atoms with van der Waals surface area (Å²) in [4.78, 5) is 35.7. The number of nitrogens with zero attached hydrogens (tertiary/aromatic N) is 3. The van der Waals surface area contributed by atoms with Crippen LogP contribution in [0.5, 0.6) is 0 Å². The van der Waals surface area contributed by atoms with Gasteiger partial charge in [-0.1, -0.05) is 30.3 Å². The minimum Gasteiger partial charge on any atom is -0.550 e. The van der Waals surface area contributed by atoms with E-state index in [2.05, 4.69) is 55.0 Å². The molecule has 2 heterocycles. The third-order valence-corrected chi connectivity index (χ3v) is 6.48. The molecule has 0 aliphatic carbocycles. The molecule has 232 valence electrons. The molecule has 3 aromatic carbocycles. The predicted octanol–water partition coefficient (Wildman–Crippen LogP) is 3.15. The fraction of sp³-hybridized carbons (Fsp3) is 0.273. The average Bonchev–Trinajstić information content (AvgIpc) is 3.60. The Balaban J connectivity index is 0.000000592. The van der Waals surface area contributed by atoms with Gasteiger partial charge in [-0.15, -0.1) is 0 Å². The standard InChI is InChI=1S/C29H30FN5O.2C2H4O2/c1-35(2,3)25-10-7-20(8-11-25)18-33-29(36)27-17-23-16-24(30)9-12-26(23)34(27)19-21-5-4-6-22(15-21)28-31-13-14-32-28;2*1-2(3)4/h4-12,15-17H,13-14,18-19H2,1-3H3,(H-,31,32,33,36);2*1H3,(H,3,4). The van der Waals surface area contributed by atoms with Crippen LogP contribution in [0.3, 0.4) is 0 Å². The smallest absolute Gasteiger partial charge is 0.300 e. The molecule has 1 aliphatic rings. The SMILES string of the molecule is CC(=O)O.CC(=O)[O-].C[N+](C)(C)c1ccc(CNC(=O)c2cc3cc(F)ccc3n2Cc2cccc(C3=NCCN3)c2)cc1. The number of aliphatic carboxylic acids is 2. The van der Waals surface area contributed by atoms with Gasteiger partial charge in [-0.3, -0.25) is 19.1 Å². The first-order valence-corrected chi connectivity index (χ1v) is 14.0. The Morgan fingerprint density at radius 1 is 1.00 bits per heavy atom. The van der Waals surface area contributed by atoms with E-state index in [9.17, 15) is 9.18 Å². The van der Waals surface area contributed by atoms with E-state index in [4.69, 9.17) is 19.8 Å². The number of rotatable bonds is 7. The van der Waals surface area contributed by atoms with Gasteiger partial charge in [0.2, 0.25) is 0 Å². The van der Waals surface area contributed by atoms with E-state index in [0.29, 0.717) is 24.2 Å². The van der Waals surface area contributed by atoms with Crippen LogP contribution in [0.4, 0.5) is 10.1 Å². The molecule has 1 amide bonds. The van der Waals surface area contributed by atoms with E-state index in [0.717, 1.165) is 59.5 Å². The number of carboxylic acids is 2. The molecule has 0 saturated heterocycles. The highest BCUT2D eigenvalue weighted by molar-refractivity contribution is 6.00. The van der Waals surface area contributed by atoms with Crippen molar-refractivity contribution < 1.29 is 29.0 Å². The summed E-state index contributed by atoms with van der Waals surface area (Å²) in [5.41, 5.74) is 5.59. The lowest BCUT2D eigenvalue weighted by Gasteiger charge is -2.23. The van der Waals surface area contributed by atoms with Crippen LogP contribution in [0.25, 0.3) is 10.9 Å². The quantitative estimate of drug-likeness (QED) is 0.278. The molecular formula is C33H38FN5O5. The number of fused-ring (bicyclic) bond motifs is 1. The summed E-state index contributed by atoms with van der Waals surface area (Å²) in [6.45, 7) is 4.57. The Hall–Kier alpha value is -5.03. The molecule has 5 rings (SSSR count).